The highest BCUT2D eigenvalue weighted by Gasteiger charge is 2.43. The third-order valence-electron chi connectivity index (χ3n) is 6.13. The zero-order valence-corrected chi connectivity index (χ0v) is 21.3. The Bertz CT molecular complexity index is 1440. The number of para-hydroxylation sites is 2. The van der Waals surface area contributed by atoms with Crippen molar-refractivity contribution in [2.45, 2.75) is 13.8 Å². The van der Waals surface area contributed by atoms with Crippen molar-refractivity contribution in [1.29, 1.82) is 0 Å². The number of hydrogen-bond donors (Lipinski definition) is 0. The Morgan fingerprint density at radius 1 is 0.667 bits per heavy atom. The van der Waals surface area contributed by atoms with E-state index >= 15 is 0 Å². The second-order valence-corrected chi connectivity index (χ2v) is 9.35. The lowest BCUT2D eigenvalue weighted by atomic mass is 10.0. The van der Waals surface area contributed by atoms with Crippen LogP contribution in [0.1, 0.15) is 17.0 Å². The summed E-state index contributed by atoms with van der Waals surface area (Å²) in [7, 11) is 0. The Balaban J connectivity index is 1.65. The van der Waals surface area contributed by atoms with E-state index in [0.717, 1.165) is 36.9 Å². The number of anilines is 2. The second-order valence-electron chi connectivity index (χ2n) is 8.43. The van der Waals surface area contributed by atoms with Crippen molar-refractivity contribution in [3.05, 3.63) is 118 Å². The van der Waals surface area contributed by atoms with Crippen LogP contribution in [-0.2, 0) is 9.59 Å². The number of amides is 4. The van der Waals surface area contributed by atoms with E-state index in [4.69, 9.17) is 0 Å². The van der Waals surface area contributed by atoms with Gasteiger partial charge in [-0.2, -0.15) is 0 Å². The number of aromatic nitrogens is 1. The Kier molecular flexibility index (Phi) is 6.16. The van der Waals surface area contributed by atoms with Crippen molar-refractivity contribution >= 4 is 51.2 Å². The molecule has 1 aromatic heterocycles. The summed E-state index contributed by atoms with van der Waals surface area (Å²) < 4.78 is 3.03. The first-order valence-electron chi connectivity index (χ1n) is 11.4. The molecular weight excluding hydrogens is 518 g/mol. The molecule has 0 aliphatic carbocycles. The van der Waals surface area contributed by atoms with Crippen molar-refractivity contribution in [2.75, 3.05) is 9.80 Å². The molecule has 36 heavy (non-hydrogen) atoms. The number of imide groups is 2. The van der Waals surface area contributed by atoms with Gasteiger partial charge in [0.05, 0.1) is 11.4 Å². The molecule has 0 spiro atoms. The maximum atomic E-state index is 13.6. The predicted octanol–water partition coefficient (Wildman–Crippen LogP) is 6.44. The van der Waals surface area contributed by atoms with Gasteiger partial charge in [0, 0.05) is 21.5 Å². The van der Waals surface area contributed by atoms with Gasteiger partial charge in [-0.1, -0.05) is 52.3 Å². The van der Waals surface area contributed by atoms with E-state index in [-0.39, 0.29) is 5.57 Å². The fourth-order valence-electron chi connectivity index (χ4n) is 4.42. The molecule has 2 heterocycles. The van der Waals surface area contributed by atoms with Gasteiger partial charge in [-0.3, -0.25) is 9.59 Å². The fourth-order valence-corrected chi connectivity index (χ4v) is 4.68. The van der Waals surface area contributed by atoms with Gasteiger partial charge in [0.15, 0.2) is 0 Å². The van der Waals surface area contributed by atoms with E-state index in [1.54, 1.807) is 66.7 Å². The number of benzene rings is 3. The summed E-state index contributed by atoms with van der Waals surface area (Å²) in [5.41, 5.74) is 4.22. The molecule has 1 aliphatic heterocycles. The van der Waals surface area contributed by atoms with Crippen LogP contribution in [0.4, 0.5) is 16.2 Å². The van der Waals surface area contributed by atoms with Gasteiger partial charge in [0.25, 0.3) is 11.8 Å². The molecule has 3 aromatic carbocycles. The van der Waals surface area contributed by atoms with Crippen molar-refractivity contribution in [1.82, 2.24) is 4.57 Å². The number of urea groups is 1. The summed E-state index contributed by atoms with van der Waals surface area (Å²) >= 11 is 3.46. The Labute approximate surface area is 217 Å². The lowest BCUT2D eigenvalue weighted by molar-refractivity contribution is -0.121. The van der Waals surface area contributed by atoms with Crippen LogP contribution in [0.5, 0.6) is 0 Å². The minimum atomic E-state index is -0.708. The molecule has 5 rings (SSSR count). The molecule has 0 bridgehead atoms. The first-order valence-corrected chi connectivity index (χ1v) is 12.2. The topological polar surface area (TPSA) is 62.6 Å². The quantitative estimate of drug-likeness (QED) is 0.221. The molecular formula is C29H22BrN3O3. The van der Waals surface area contributed by atoms with Gasteiger partial charge in [0.2, 0.25) is 0 Å². The zero-order chi connectivity index (χ0) is 25.4. The molecule has 7 heteroatoms. The number of carbonyl (C=O) groups excluding carboxylic acids is 3. The van der Waals surface area contributed by atoms with Crippen molar-refractivity contribution in [3.8, 4) is 5.69 Å². The molecule has 1 fully saturated rings. The highest BCUT2D eigenvalue weighted by atomic mass is 79.9. The number of carbonyl (C=O) groups is 3. The number of aryl methyl sites for hydroxylation is 1. The molecule has 1 aliphatic rings. The lowest BCUT2D eigenvalue weighted by Gasteiger charge is -2.33. The number of hydrogen-bond acceptors (Lipinski definition) is 3. The molecule has 0 saturated carbocycles. The summed E-state index contributed by atoms with van der Waals surface area (Å²) in [4.78, 5) is 42.8. The summed E-state index contributed by atoms with van der Waals surface area (Å²) in [6, 6.07) is 26.4. The van der Waals surface area contributed by atoms with Crippen LogP contribution in [0.3, 0.4) is 0 Å². The monoisotopic (exact) mass is 539 g/mol. The van der Waals surface area contributed by atoms with Gasteiger partial charge in [-0.15, -0.1) is 0 Å². The van der Waals surface area contributed by atoms with Gasteiger partial charge in [0.1, 0.15) is 5.57 Å². The third kappa shape index (κ3) is 4.07. The lowest BCUT2D eigenvalue weighted by Crippen LogP contribution is -2.57. The largest absolute Gasteiger partial charge is 0.343 e. The normalized spacial score (nSPS) is 14.0. The third-order valence-corrected chi connectivity index (χ3v) is 6.66. The summed E-state index contributed by atoms with van der Waals surface area (Å²) in [6.45, 7) is 3.91. The van der Waals surface area contributed by atoms with Crippen LogP contribution in [-0.4, -0.2) is 22.4 Å². The molecule has 178 valence electrons. The molecule has 0 radical (unpaired) electrons. The first-order chi connectivity index (χ1) is 17.4. The molecule has 1 saturated heterocycles. The summed E-state index contributed by atoms with van der Waals surface area (Å²) in [5.74, 6) is -1.31. The van der Waals surface area contributed by atoms with Crippen LogP contribution in [0.15, 0.2) is 101 Å². The van der Waals surface area contributed by atoms with Crippen LogP contribution in [0, 0.1) is 13.8 Å². The van der Waals surface area contributed by atoms with Gasteiger partial charge < -0.3 is 4.57 Å². The molecule has 0 N–H and O–H groups in total. The smallest absolute Gasteiger partial charge is 0.318 e. The second kappa shape index (κ2) is 9.43. The molecule has 6 nitrogen and oxygen atoms in total. The number of barbiturate groups is 1. The fraction of sp³-hybridized carbons (Fsp3) is 0.0690. The van der Waals surface area contributed by atoms with Crippen molar-refractivity contribution in [2.24, 2.45) is 0 Å². The van der Waals surface area contributed by atoms with E-state index < -0.39 is 17.8 Å². The number of rotatable bonds is 4. The van der Waals surface area contributed by atoms with Crippen molar-refractivity contribution < 1.29 is 14.4 Å². The number of nitrogens with zero attached hydrogens (tertiary/aromatic N) is 3. The van der Waals surface area contributed by atoms with Crippen LogP contribution in [0.25, 0.3) is 11.8 Å². The van der Waals surface area contributed by atoms with E-state index in [0.29, 0.717) is 11.4 Å². The highest BCUT2D eigenvalue weighted by molar-refractivity contribution is 9.10. The van der Waals surface area contributed by atoms with Crippen LogP contribution >= 0.6 is 15.9 Å². The molecule has 0 atom stereocenters. The predicted molar refractivity (Wildman–Crippen MR) is 144 cm³/mol. The highest BCUT2D eigenvalue weighted by Crippen LogP contribution is 2.31. The minimum absolute atomic E-state index is 0.0848. The number of halogens is 1. The molecule has 0 unspecified atom stereocenters. The maximum absolute atomic E-state index is 13.6. The van der Waals surface area contributed by atoms with Crippen molar-refractivity contribution in [3.63, 3.8) is 0 Å². The van der Waals surface area contributed by atoms with E-state index in [9.17, 15) is 14.4 Å². The Hall–Kier alpha value is -4.23. The summed E-state index contributed by atoms with van der Waals surface area (Å²) in [5, 5.41) is 0. The standard InChI is InChI=1S/C29H22BrN3O3/c1-19-17-21(20(2)31(19)25-15-13-22(30)14-16-25)18-26-27(34)32(23-9-5-3-6-10-23)29(36)33(28(26)35)24-11-7-4-8-12-24/h3-18H,1-2H3. The average molecular weight is 540 g/mol. The Morgan fingerprint density at radius 3 is 1.67 bits per heavy atom. The molecule has 4 aromatic rings. The van der Waals surface area contributed by atoms with Gasteiger partial charge in [-0.05, 0) is 80.1 Å². The SMILES string of the molecule is Cc1cc(C=C2C(=O)N(c3ccccc3)C(=O)N(c3ccccc3)C2=O)c(C)n1-c1ccc(Br)cc1. The van der Waals surface area contributed by atoms with E-state index in [2.05, 4.69) is 20.5 Å². The minimum Gasteiger partial charge on any atom is -0.318 e. The van der Waals surface area contributed by atoms with Crippen LogP contribution < -0.4 is 9.80 Å². The zero-order valence-electron chi connectivity index (χ0n) is 19.7. The van der Waals surface area contributed by atoms with Gasteiger partial charge >= 0.3 is 6.03 Å². The van der Waals surface area contributed by atoms with Crippen LogP contribution in [0.2, 0.25) is 0 Å². The first kappa shape index (κ1) is 23.5. The summed E-state index contributed by atoms with van der Waals surface area (Å²) in [6.07, 6.45) is 1.58. The van der Waals surface area contributed by atoms with E-state index in [1.165, 1.54) is 0 Å². The van der Waals surface area contributed by atoms with E-state index in [1.807, 2.05) is 44.2 Å². The Morgan fingerprint density at radius 2 is 1.17 bits per heavy atom. The molecule has 4 amide bonds. The average Bonchev–Trinajstić information content (AvgIpc) is 3.16. The van der Waals surface area contributed by atoms with Gasteiger partial charge in [-0.25, -0.2) is 14.6 Å². The maximum Gasteiger partial charge on any atom is 0.343 e.